The van der Waals surface area contributed by atoms with Crippen molar-refractivity contribution in [2.24, 2.45) is 12.8 Å². The molecule has 6 heteroatoms. The summed E-state index contributed by atoms with van der Waals surface area (Å²) in [7, 11) is 1.76. The van der Waals surface area contributed by atoms with Gasteiger partial charge >= 0.3 is 0 Å². The van der Waals surface area contributed by atoms with E-state index in [4.69, 9.17) is 5.73 Å². The van der Waals surface area contributed by atoms with Gasteiger partial charge < -0.3 is 5.73 Å². The lowest BCUT2D eigenvalue weighted by Gasteiger charge is -2.11. The van der Waals surface area contributed by atoms with E-state index in [1.54, 1.807) is 24.1 Å². The lowest BCUT2D eigenvalue weighted by atomic mass is 10.0. The predicted molar refractivity (Wildman–Crippen MR) is 60.2 cm³/mol. The summed E-state index contributed by atoms with van der Waals surface area (Å²) >= 11 is 0. The van der Waals surface area contributed by atoms with E-state index in [0.29, 0.717) is 6.42 Å². The van der Waals surface area contributed by atoms with Crippen molar-refractivity contribution in [2.45, 2.75) is 12.5 Å². The fourth-order valence-electron chi connectivity index (χ4n) is 1.74. The molecule has 1 aromatic heterocycles. The average molecular weight is 255 g/mol. The van der Waals surface area contributed by atoms with Crippen LogP contribution in [0.2, 0.25) is 0 Å². The molecule has 0 saturated heterocycles. The van der Waals surface area contributed by atoms with Gasteiger partial charge in [-0.25, -0.2) is 13.2 Å². The fourth-order valence-corrected chi connectivity index (χ4v) is 1.74. The van der Waals surface area contributed by atoms with E-state index in [1.807, 2.05) is 0 Å². The van der Waals surface area contributed by atoms with Gasteiger partial charge in [0, 0.05) is 19.3 Å². The Balaban J connectivity index is 2.21. The first-order valence-corrected chi connectivity index (χ1v) is 5.35. The Kier molecular flexibility index (Phi) is 3.38. The molecule has 0 aliphatic heterocycles. The number of halogens is 3. The molecule has 0 radical (unpaired) electrons. The number of aryl methyl sites for hydroxylation is 1. The summed E-state index contributed by atoms with van der Waals surface area (Å²) in [6.45, 7) is 0. The zero-order valence-corrected chi connectivity index (χ0v) is 9.70. The van der Waals surface area contributed by atoms with Gasteiger partial charge in [-0.1, -0.05) is 0 Å². The van der Waals surface area contributed by atoms with Crippen LogP contribution in [0.3, 0.4) is 0 Å². The molecule has 0 saturated carbocycles. The van der Waals surface area contributed by atoms with Crippen molar-refractivity contribution in [3.63, 3.8) is 0 Å². The summed E-state index contributed by atoms with van der Waals surface area (Å²) < 4.78 is 40.5. The normalized spacial score (nSPS) is 12.7. The van der Waals surface area contributed by atoms with E-state index in [1.165, 1.54) is 0 Å². The van der Waals surface area contributed by atoms with Crippen molar-refractivity contribution in [3.8, 4) is 0 Å². The number of hydrogen-bond acceptors (Lipinski definition) is 2. The van der Waals surface area contributed by atoms with Crippen LogP contribution in [0.25, 0.3) is 0 Å². The minimum Gasteiger partial charge on any atom is -0.324 e. The van der Waals surface area contributed by atoms with Gasteiger partial charge in [-0.05, 0) is 29.7 Å². The molecule has 1 heterocycles. The molecule has 0 amide bonds. The third-order valence-electron chi connectivity index (χ3n) is 2.65. The molecule has 2 N–H and O–H groups in total. The maximum Gasteiger partial charge on any atom is 0.194 e. The highest BCUT2D eigenvalue weighted by Crippen LogP contribution is 2.20. The summed E-state index contributed by atoms with van der Waals surface area (Å²) in [5, 5.41) is 3.97. The molecule has 0 spiro atoms. The van der Waals surface area contributed by atoms with Crippen molar-refractivity contribution in [2.75, 3.05) is 0 Å². The summed E-state index contributed by atoms with van der Waals surface area (Å²) in [6, 6.07) is 1.22. The maximum atomic E-state index is 13.1. The van der Waals surface area contributed by atoms with E-state index < -0.39 is 23.5 Å². The molecule has 0 bridgehead atoms. The van der Waals surface area contributed by atoms with Gasteiger partial charge in [0.25, 0.3) is 0 Å². The van der Waals surface area contributed by atoms with Crippen molar-refractivity contribution >= 4 is 0 Å². The highest BCUT2D eigenvalue weighted by atomic mass is 19.2. The lowest BCUT2D eigenvalue weighted by Crippen LogP contribution is -2.14. The molecule has 96 valence electrons. The molecule has 2 aromatic rings. The molecule has 3 nitrogen and oxygen atoms in total. The molecular weight excluding hydrogens is 243 g/mol. The smallest absolute Gasteiger partial charge is 0.194 e. The molecular formula is C12H12F3N3. The minimum absolute atomic E-state index is 0.218. The number of rotatable bonds is 3. The largest absolute Gasteiger partial charge is 0.324 e. The second-order valence-electron chi connectivity index (χ2n) is 4.13. The van der Waals surface area contributed by atoms with Crippen LogP contribution >= 0.6 is 0 Å². The van der Waals surface area contributed by atoms with E-state index in [9.17, 15) is 13.2 Å². The van der Waals surface area contributed by atoms with E-state index in [-0.39, 0.29) is 5.56 Å². The monoisotopic (exact) mass is 255 g/mol. The summed E-state index contributed by atoms with van der Waals surface area (Å²) in [4.78, 5) is 0. The van der Waals surface area contributed by atoms with Crippen LogP contribution in [0.15, 0.2) is 24.5 Å². The highest BCUT2D eigenvalue weighted by molar-refractivity contribution is 5.24. The molecule has 0 aliphatic rings. The van der Waals surface area contributed by atoms with Gasteiger partial charge in [-0.15, -0.1) is 0 Å². The highest BCUT2D eigenvalue weighted by Gasteiger charge is 2.15. The molecule has 1 aromatic carbocycles. The third kappa shape index (κ3) is 2.53. The zero-order chi connectivity index (χ0) is 13.3. The van der Waals surface area contributed by atoms with Crippen LogP contribution in [0, 0.1) is 17.5 Å². The predicted octanol–water partition coefficient (Wildman–Crippen LogP) is 2.08. The number of benzene rings is 1. The number of aromatic nitrogens is 2. The second-order valence-corrected chi connectivity index (χ2v) is 4.13. The summed E-state index contributed by atoms with van der Waals surface area (Å²) in [6.07, 6.45) is 3.75. The lowest BCUT2D eigenvalue weighted by molar-refractivity contribution is 0.443. The van der Waals surface area contributed by atoms with E-state index >= 15 is 0 Å². The molecule has 0 aliphatic carbocycles. The van der Waals surface area contributed by atoms with Gasteiger partial charge in [0.15, 0.2) is 17.5 Å². The first-order chi connectivity index (χ1) is 8.47. The quantitative estimate of drug-likeness (QED) is 0.853. The third-order valence-corrected chi connectivity index (χ3v) is 2.65. The van der Waals surface area contributed by atoms with Crippen LogP contribution in [0.4, 0.5) is 13.2 Å². The summed E-state index contributed by atoms with van der Waals surface area (Å²) in [5.41, 5.74) is 6.89. The maximum absolute atomic E-state index is 13.1. The van der Waals surface area contributed by atoms with Crippen molar-refractivity contribution in [3.05, 3.63) is 53.1 Å². The Hall–Kier alpha value is -1.82. The number of nitrogens with zero attached hydrogens (tertiary/aromatic N) is 2. The Morgan fingerprint density at radius 1 is 1.28 bits per heavy atom. The molecule has 2 rings (SSSR count). The Bertz CT molecular complexity index is 542. The Labute approximate surface area is 102 Å². The Morgan fingerprint density at radius 2 is 1.89 bits per heavy atom. The SMILES string of the molecule is Cn1cc(CC(N)c2cc(F)c(F)c(F)c2)cn1. The van der Waals surface area contributed by atoms with Crippen LogP contribution < -0.4 is 5.73 Å². The van der Waals surface area contributed by atoms with Crippen LogP contribution in [0.1, 0.15) is 17.2 Å². The van der Waals surface area contributed by atoms with Crippen LogP contribution in [-0.2, 0) is 13.5 Å². The van der Waals surface area contributed by atoms with Crippen LogP contribution in [0.5, 0.6) is 0 Å². The van der Waals surface area contributed by atoms with Gasteiger partial charge in [-0.2, -0.15) is 5.10 Å². The van der Waals surface area contributed by atoms with Gasteiger partial charge in [-0.3, -0.25) is 4.68 Å². The first-order valence-electron chi connectivity index (χ1n) is 5.35. The first kappa shape index (κ1) is 12.6. The van der Waals surface area contributed by atoms with Crippen molar-refractivity contribution in [1.29, 1.82) is 0 Å². The van der Waals surface area contributed by atoms with E-state index in [2.05, 4.69) is 5.10 Å². The molecule has 0 fully saturated rings. The summed E-state index contributed by atoms with van der Waals surface area (Å²) in [5.74, 6) is -3.94. The topological polar surface area (TPSA) is 43.8 Å². The minimum atomic E-state index is -1.48. The fraction of sp³-hybridized carbons (Fsp3) is 0.250. The molecule has 18 heavy (non-hydrogen) atoms. The van der Waals surface area contributed by atoms with Gasteiger partial charge in [0.05, 0.1) is 6.20 Å². The average Bonchev–Trinajstić information content (AvgIpc) is 2.71. The van der Waals surface area contributed by atoms with Crippen molar-refractivity contribution < 1.29 is 13.2 Å². The van der Waals surface area contributed by atoms with Gasteiger partial charge in [0.2, 0.25) is 0 Å². The number of hydrogen-bond donors (Lipinski definition) is 1. The second kappa shape index (κ2) is 4.81. The van der Waals surface area contributed by atoms with Gasteiger partial charge in [0.1, 0.15) is 0 Å². The molecule has 1 atom stereocenters. The Morgan fingerprint density at radius 3 is 2.39 bits per heavy atom. The molecule has 1 unspecified atom stereocenters. The number of nitrogens with two attached hydrogens (primary N) is 1. The van der Waals surface area contributed by atoms with Crippen molar-refractivity contribution in [1.82, 2.24) is 9.78 Å². The zero-order valence-electron chi connectivity index (χ0n) is 9.70. The standard InChI is InChI=1S/C12H12F3N3/c1-18-6-7(5-17-18)2-11(16)8-3-9(13)12(15)10(14)4-8/h3-6,11H,2,16H2,1H3. The van der Waals surface area contributed by atoms with Crippen LogP contribution in [-0.4, -0.2) is 9.78 Å². The van der Waals surface area contributed by atoms with E-state index in [0.717, 1.165) is 17.7 Å².